The highest BCUT2D eigenvalue weighted by molar-refractivity contribution is 6.12. The molecule has 0 bridgehead atoms. The number of hydrogen-bond acceptors (Lipinski definition) is 8. The number of aromatic carboxylic acids is 1. The van der Waals surface area contributed by atoms with Crippen LogP contribution in [-0.2, 0) is 20.7 Å². The Labute approximate surface area is 220 Å². The molecule has 4 rings (SSSR count). The van der Waals surface area contributed by atoms with Gasteiger partial charge in [0.2, 0.25) is 6.04 Å². The van der Waals surface area contributed by atoms with Crippen molar-refractivity contribution in [2.24, 2.45) is 0 Å². The lowest BCUT2D eigenvalue weighted by molar-refractivity contribution is -0.147. The van der Waals surface area contributed by atoms with Crippen molar-refractivity contribution >= 4 is 35.0 Å². The zero-order chi connectivity index (χ0) is 27.2. The predicted molar refractivity (Wildman–Crippen MR) is 141 cm³/mol. The Morgan fingerprint density at radius 1 is 1.16 bits per heavy atom. The molecule has 1 amide bonds. The molecule has 0 fully saturated rings. The van der Waals surface area contributed by atoms with Gasteiger partial charge < -0.3 is 25.0 Å². The van der Waals surface area contributed by atoms with E-state index in [0.29, 0.717) is 35.6 Å². The van der Waals surface area contributed by atoms with Gasteiger partial charge in [-0.25, -0.2) is 14.6 Å². The number of esters is 1. The molecule has 1 aliphatic rings. The number of carbonyl (C=O) groups is 3. The number of aromatic nitrogens is 1. The predicted octanol–water partition coefficient (Wildman–Crippen LogP) is 3.44. The Hall–Kier alpha value is -4.91. The summed E-state index contributed by atoms with van der Waals surface area (Å²) in [6, 6.07) is 18.0. The third-order valence-electron chi connectivity index (χ3n) is 6.33. The second-order valence-electron chi connectivity index (χ2n) is 8.73. The van der Waals surface area contributed by atoms with E-state index >= 15 is 0 Å². The quantitative estimate of drug-likeness (QED) is 0.326. The molecule has 2 unspecified atom stereocenters. The maximum atomic E-state index is 13.6. The summed E-state index contributed by atoms with van der Waals surface area (Å²) in [6.07, 6.45) is 1.76. The van der Waals surface area contributed by atoms with E-state index in [4.69, 9.17) is 10.00 Å². The number of hydrogen-bond donors (Lipinski definition) is 2. The minimum Gasteiger partial charge on any atom is -0.478 e. The van der Waals surface area contributed by atoms with Crippen molar-refractivity contribution in [1.82, 2.24) is 4.98 Å². The highest BCUT2D eigenvalue weighted by Crippen LogP contribution is 2.41. The number of aryl methyl sites for hydroxylation is 1. The lowest BCUT2D eigenvalue weighted by Crippen LogP contribution is -2.56. The van der Waals surface area contributed by atoms with E-state index in [0.717, 1.165) is 5.56 Å². The van der Waals surface area contributed by atoms with Gasteiger partial charge in [-0.05, 0) is 55.7 Å². The minimum atomic E-state index is -1.41. The Bertz CT molecular complexity index is 1370. The van der Waals surface area contributed by atoms with Gasteiger partial charge in [-0.3, -0.25) is 4.79 Å². The third kappa shape index (κ3) is 5.42. The van der Waals surface area contributed by atoms with E-state index in [1.807, 2.05) is 23.1 Å². The zero-order valence-corrected chi connectivity index (χ0v) is 21.0. The number of amides is 1. The summed E-state index contributed by atoms with van der Waals surface area (Å²) >= 11 is 0. The smallest absolute Gasteiger partial charge is 0.338 e. The molecular weight excluding hydrogens is 486 g/mol. The van der Waals surface area contributed by atoms with E-state index in [1.165, 1.54) is 12.3 Å². The van der Waals surface area contributed by atoms with Crippen molar-refractivity contribution in [2.75, 3.05) is 28.8 Å². The van der Waals surface area contributed by atoms with E-state index < -0.39 is 30.1 Å². The number of ether oxygens (including phenoxy) is 1. The van der Waals surface area contributed by atoms with Gasteiger partial charge in [0, 0.05) is 18.9 Å². The monoisotopic (exact) mass is 513 g/mol. The molecular formula is C28H27N5O5. The fourth-order valence-electron chi connectivity index (χ4n) is 4.50. The van der Waals surface area contributed by atoms with Crippen LogP contribution in [0.15, 0.2) is 66.9 Å². The van der Waals surface area contributed by atoms with E-state index in [9.17, 15) is 19.5 Å². The van der Waals surface area contributed by atoms with Gasteiger partial charge in [-0.15, -0.1) is 0 Å². The molecule has 2 aromatic carbocycles. The number of carboxylic acids is 1. The van der Waals surface area contributed by atoms with E-state index in [2.05, 4.69) is 16.4 Å². The van der Waals surface area contributed by atoms with Crippen molar-refractivity contribution in [2.45, 2.75) is 32.0 Å². The molecule has 3 aromatic rings. The number of nitrogens with zero attached hydrogens (tertiary/aromatic N) is 4. The van der Waals surface area contributed by atoms with Crippen LogP contribution >= 0.6 is 0 Å². The molecule has 1 aliphatic heterocycles. The largest absolute Gasteiger partial charge is 0.478 e. The maximum absolute atomic E-state index is 13.6. The van der Waals surface area contributed by atoms with E-state index in [-0.39, 0.29) is 12.2 Å². The Balaban J connectivity index is 1.74. The number of fused-ring (bicyclic) bond motifs is 1. The first-order chi connectivity index (χ1) is 18.3. The molecule has 10 nitrogen and oxygen atoms in total. The molecule has 10 heteroatoms. The van der Waals surface area contributed by atoms with Crippen LogP contribution in [0.3, 0.4) is 0 Å². The molecule has 0 saturated heterocycles. The maximum Gasteiger partial charge on any atom is 0.338 e. The number of nitrogens with one attached hydrogen (secondary N) is 1. The van der Waals surface area contributed by atoms with Gasteiger partial charge in [-0.2, -0.15) is 5.26 Å². The number of carbonyl (C=O) groups excluding carboxylic acids is 2. The normalized spacial score (nSPS) is 14.8. The molecule has 1 aromatic heterocycles. The van der Waals surface area contributed by atoms with Crippen molar-refractivity contribution in [1.29, 1.82) is 5.26 Å². The first-order valence-corrected chi connectivity index (χ1v) is 12.1. The molecule has 194 valence electrons. The van der Waals surface area contributed by atoms with Crippen LogP contribution in [0.5, 0.6) is 0 Å². The summed E-state index contributed by atoms with van der Waals surface area (Å²) in [4.78, 5) is 46.4. The molecule has 2 atom stereocenters. The number of rotatable bonds is 9. The average Bonchev–Trinajstić information content (AvgIpc) is 3.19. The van der Waals surface area contributed by atoms with Crippen LogP contribution in [-0.4, -0.2) is 53.8 Å². The minimum absolute atomic E-state index is 0.0633. The molecule has 0 saturated carbocycles. The van der Waals surface area contributed by atoms with Crippen LogP contribution in [0, 0.1) is 11.3 Å². The Kier molecular flexibility index (Phi) is 7.87. The van der Waals surface area contributed by atoms with Crippen LogP contribution in [0.1, 0.15) is 34.8 Å². The number of carboxylic acid groups (broad SMARTS) is 1. The van der Waals surface area contributed by atoms with Crippen LogP contribution in [0.2, 0.25) is 0 Å². The third-order valence-corrected chi connectivity index (χ3v) is 6.33. The van der Waals surface area contributed by atoms with Gasteiger partial charge in [0.1, 0.15) is 6.17 Å². The van der Waals surface area contributed by atoms with Crippen molar-refractivity contribution < 1.29 is 24.2 Å². The molecule has 2 N–H and O–H groups in total. The van der Waals surface area contributed by atoms with Crippen molar-refractivity contribution in [3.63, 3.8) is 0 Å². The summed E-state index contributed by atoms with van der Waals surface area (Å²) in [6.45, 7) is 1.72. The van der Waals surface area contributed by atoms with Gasteiger partial charge in [0.05, 0.1) is 29.5 Å². The lowest BCUT2D eigenvalue weighted by atomic mass is 10.0. The highest BCUT2D eigenvalue weighted by Gasteiger charge is 2.46. The van der Waals surface area contributed by atoms with Crippen molar-refractivity contribution in [3.8, 4) is 6.07 Å². The number of para-hydroxylation sites is 1. The number of anilines is 3. The van der Waals surface area contributed by atoms with E-state index in [1.54, 1.807) is 55.3 Å². The molecule has 0 aliphatic carbocycles. The zero-order valence-electron chi connectivity index (χ0n) is 21.0. The molecule has 38 heavy (non-hydrogen) atoms. The summed E-state index contributed by atoms with van der Waals surface area (Å²) in [5.74, 6) is -2.10. The second kappa shape index (κ2) is 11.4. The Morgan fingerprint density at radius 3 is 2.50 bits per heavy atom. The number of benzene rings is 2. The fourth-order valence-corrected chi connectivity index (χ4v) is 4.50. The number of nitriles is 1. The van der Waals surface area contributed by atoms with Gasteiger partial charge in [0.25, 0.3) is 5.91 Å². The molecule has 0 spiro atoms. The average molecular weight is 514 g/mol. The summed E-state index contributed by atoms with van der Waals surface area (Å²) < 4.78 is 5.31. The lowest BCUT2D eigenvalue weighted by Gasteiger charge is -2.35. The molecule has 0 radical (unpaired) electrons. The highest BCUT2D eigenvalue weighted by atomic mass is 16.5. The van der Waals surface area contributed by atoms with Crippen LogP contribution in [0.4, 0.5) is 17.2 Å². The number of pyridine rings is 1. The second-order valence-corrected chi connectivity index (χ2v) is 8.73. The van der Waals surface area contributed by atoms with Crippen molar-refractivity contribution in [3.05, 3.63) is 83.6 Å². The van der Waals surface area contributed by atoms with Gasteiger partial charge in [0.15, 0.2) is 5.82 Å². The van der Waals surface area contributed by atoms with Crippen LogP contribution in [0.25, 0.3) is 0 Å². The summed E-state index contributed by atoms with van der Waals surface area (Å²) in [5.41, 5.74) is 2.30. The SMILES string of the molecule is CCOC(=O)C(C(=O)Nc1ccccc1)N1c2cc(C(=O)O)cnc2N(C)C1CCc1ccc(C#N)cc1. The van der Waals surface area contributed by atoms with Crippen LogP contribution < -0.4 is 15.1 Å². The van der Waals surface area contributed by atoms with Gasteiger partial charge >= 0.3 is 11.9 Å². The summed E-state index contributed by atoms with van der Waals surface area (Å²) in [7, 11) is 1.78. The topological polar surface area (TPSA) is 136 Å². The standard InChI is InChI=1S/C28H27N5O5/c1-3-38-28(37)24(26(34)31-21-7-5-4-6-8-21)33-22-15-20(27(35)36)17-30-25(22)32(2)23(33)14-13-18-9-11-19(16-29)12-10-18/h4-12,15,17,23-24H,3,13-14H2,1-2H3,(H,31,34)(H,35,36). The summed E-state index contributed by atoms with van der Waals surface area (Å²) in [5, 5.41) is 21.5. The first kappa shape index (κ1) is 26.2. The first-order valence-electron chi connectivity index (χ1n) is 12.1. The van der Waals surface area contributed by atoms with Gasteiger partial charge in [-0.1, -0.05) is 30.3 Å². The fraction of sp³-hybridized carbons (Fsp3) is 0.250. The Morgan fingerprint density at radius 2 is 1.87 bits per heavy atom. The molecule has 2 heterocycles.